The summed E-state index contributed by atoms with van der Waals surface area (Å²) in [6.07, 6.45) is 4.36. The molecule has 2 aromatic rings. The molecule has 0 saturated heterocycles. The minimum atomic E-state index is -0.124. The second-order valence-electron chi connectivity index (χ2n) is 4.64. The first-order valence-corrected chi connectivity index (χ1v) is 6.60. The molecule has 1 heterocycles. The molecular weight excluding hydrogens is 239 g/mol. The van der Waals surface area contributed by atoms with Gasteiger partial charge in [0.2, 0.25) is 0 Å². The van der Waals surface area contributed by atoms with Gasteiger partial charge in [0.25, 0.3) is 0 Å². The molecular formula is C16H19FN2. The maximum Gasteiger partial charge on any atom is 0.126 e. The highest BCUT2D eigenvalue weighted by Crippen LogP contribution is 2.12. The molecule has 0 bridgehead atoms. The number of nitrogens with zero attached hydrogens (tertiary/aromatic N) is 1. The topological polar surface area (TPSA) is 24.9 Å². The van der Waals surface area contributed by atoms with Gasteiger partial charge in [0, 0.05) is 17.9 Å². The van der Waals surface area contributed by atoms with Crippen molar-refractivity contribution in [2.45, 2.75) is 25.3 Å². The van der Waals surface area contributed by atoms with Crippen molar-refractivity contribution in [1.82, 2.24) is 10.3 Å². The van der Waals surface area contributed by atoms with Gasteiger partial charge in [-0.25, -0.2) is 4.39 Å². The zero-order chi connectivity index (χ0) is 13.5. The Morgan fingerprint density at radius 3 is 2.63 bits per heavy atom. The van der Waals surface area contributed by atoms with Gasteiger partial charge < -0.3 is 5.32 Å². The van der Waals surface area contributed by atoms with Gasteiger partial charge in [0.05, 0.1) is 0 Å². The molecule has 1 aromatic carbocycles. The van der Waals surface area contributed by atoms with Crippen molar-refractivity contribution in [3.8, 4) is 0 Å². The van der Waals surface area contributed by atoms with E-state index in [2.05, 4.69) is 10.3 Å². The average molecular weight is 258 g/mol. The van der Waals surface area contributed by atoms with Crippen LogP contribution in [0.3, 0.4) is 0 Å². The lowest BCUT2D eigenvalue weighted by atomic mass is 10.0. The Labute approximate surface area is 113 Å². The molecule has 0 aliphatic heterocycles. The van der Waals surface area contributed by atoms with E-state index in [-0.39, 0.29) is 11.9 Å². The van der Waals surface area contributed by atoms with E-state index in [0.29, 0.717) is 6.42 Å². The molecule has 0 saturated carbocycles. The van der Waals surface area contributed by atoms with E-state index in [1.165, 1.54) is 6.07 Å². The molecule has 19 heavy (non-hydrogen) atoms. The minimum absolute atomic E-state index is 0.124. The minimum Gasteiger partial charge on any atom is -0.317 e. The van der Waals surface area contributed by atoms with Crippen molar-refractivity contribution < 1.29 is 4.39 Å². The predicted molar refractivity (Wildman–Crippen MR) is 75.5 cm³/mol. The first-order chi connectivity index (χ1) is 9.29. The molecule has 3 heteroatoms. The zero-order valence-electron chi connectivity index (χ0n) is 11.1. The number of nitrogens with one attached hydrogen (secondary N) is 1. The number of halogens is 1. The van der Waals surface area contributed by atoms with Crippen LogP contribution in [0.4, 0.5) is 4.39 Å². The summed E-state index contributed by atoms with van der Waals surface area (Å²) in [5.74, 6) is -0.124. The highest BCUT2D eigenvalue weighted by Gasteiger charge is 2.10. The number of benzene rings is 1. The van der Waals surface area contributed by atoms with Crippen molar-refractivity contribution in [3.63, 3.8) is 0 Å². The Kier molecular flexibility index (Phi) is 5.04. The first kappa shape index (κ1) is 13.7. The van der Waals surface area contributed by atoms with E-state index in [4.69, 9.17) is 0 Å². The van der Waals surface area contributed by atoms with Crippen LogP contribution in [0.2, 0.25) is 0 Å². The smallest absolute Gasteiger partial charge is 0.126 e. The molecule has 0 radical (unpaired) electrons. The summed E-state index contributed by atoms with van der Waals surface area (Å²) in [5, 5.41) is 3.25. The molecule has 0 aliphatic rings. The highest BCUT2D eigenvalue weighted by atomic mass is 19.1. The van der Waals surface area contributed by atoms with Crippen LogP contribution in [0.1, 0.15) is 17.7 Å². The zero-order valence-corrected chi connectivity index (χ0v) is 11.1. The third kappa shape index (κ3) is 4.14. The van der Waals surface area contributed by atoms with E-state index < -0.39 is 0 Å². The molecule has 1 aromatic heterocycles. The Bertz CT molecular complexity index is 499. The molecule has 100 valence electrons. The number of hydrogen-bond donors (Lipinski definition) is 1. The average Bonchev–Trinajstić information content (AvgIpc) is 2.46. The number of likely N-dealkylation sites (N-methyl/N-ethyl adjacent to an activating group) is 1. The van der Waals surface area contributed by atoms with E-state index in [0.717, 1.165) is 24.1 Å². The van der Waals surface area contributed by atoms with Crippen molar-refractivity contribution in [2.24, 2.45) is 0 Å². The molecule has 0 amide bonds. The molecule has 1 atom stereocenters. The molecule has 0 aliphatic carbocycles. The second-order valence-corrected chi connectivity index (χ2v) is 4.64. The van der Waals surface area contributed by atoms with E-state index >= 15 is 0 Å². The van der Waals surface area contributed by atoms with E-state index in [1.807, 2.05) is 37.4 Å². The van der Waals surface area contributed by atoms with Crippen molar-refractivity contribution in [1.29, 1.82) is 0 Å². The van der Waals surface area contributed by atoms with Gasteiger partial charge in [-0.1, -0.05) is 24.3 Å². The lowest BCUT2D eigenvalue weighted by Gasteiger charge is -2.16. The van der Waals surface area contributed by atoms with Crippen molar-refractivity contribution in [2.75, 3.05) is 7.05 Å². The first-order valence-electron chi connectivity index (χ1n) is 6.60. The van der Waals surface area contributed by atoms with Crippen LogP contribution in [0, 0.1) is 5.82 Å². The lowest BCUT2D eigenvalue weighted by molar-refractivity contribution is 0.502. The lowest BCUT2D eigenvalue weighted by Crippen LogP contribution is -2.28. The van der Waals surface area contributed by atoms with E-state index in [9.17, 15) is 4.39 Å². The Morgan fingerprint density at radius 2 is 1.95 bits per heavy atom. The maximum atomic E-state index is 13.6. The Balaban J connectivity index is 1.92. The monoisotopic (exact) mass is 258 g/mol. The van der Waals surface area contributed by atoms with Crippen LogP contribution in [0.25, 0.3) is 0 Å². The summed E-state index contributed by atoms with van der Waals surface area (Å²) in [5.41, 5.74) is 1.85. The number of hydrogen-bond acceptors (Lipinski definition) is 2. The molecule has 2 nitrogen and oxygen atoms in total. The number of pyridine rings is 1. The predicted octanol–water partition coefficient (Wildman–Crippen LogP) is 2.98. The van der Waals surface area contributed by atoms with Gasteiger partial charge in [-0.15, -0.1) is 0 Å². The van der Waals surface area contributed by atoms with Gasteiger partial charge in [-0.2, -0.15) is 0 Å². The summed E-state index contributed by atoms with van der Waals surface area (Å²) in [6, 6.07) is 13.2. The molecule has 2 rings (SSSR count). The summed E-state index contributed by atoms with van der Waals surface area (Å²) in [4.78, 5) is 4.31. The fourth-order valence-electron chi connectivity index (χ4n) is 2.15. The van der Waals surface area contributed by atoms with Crippen LogP contribution in [0.15, 0.2) is 48.7 Å². The highest BCUT2D eigenvalue weighted by molar-refractivity contribution is 5.18. The molecule has 0 spiro atoms. The van der Waals surface area contributed by atoms with Gasteiger partial charge in [0.15, 0.2) is 0 Å². The molecule has 0 fully saturated rings. The quantitative estimate of drug-likeness (QED) is 0.861. The molecule has 1 N–H and O–H groups in total. The second kappa shape index (κ2) is 7.00. The summed E-state index contributed by atoms with van der Waals surface area (Å²) in [7, 11) is 1.92. The summed E-state index contributed by atoms with van der Waals surface area (Å²) < 4.78 is 13.6. The Hall–Kier alpha value is -1.74. The number of rotatable bonds is 6. The normalized spacial score (nSPS) is 12.3. The summed E-state index contributed by atoms with van der Waals surface area (Å²) >= 11 is 0. The standard InChI is InChI=1S/C16H19FN2/c1-18-15(10-9-14-7-4-5-11-19-14)12-13-6-2-3-8-16(13)17/h2-8,11,15,18H,9-10,12H2,1H3. The van der Waals surface area contributed by atoms with Crippen LogP contribution in [0.5, 0.6) is 0 Å². The van der Waals surface area contributed by atoms with Crippen LogP contribution in [-0.4, -0.2) is 18.1 Å². The SMILES string of the molecule is CNC(CCc1ccccn1)Cc1ccccc1F. The van der Waals surface area contributed by atoms with Crippen molar-refractivity contribution >= 4 is 0 Å². The van der Waals surface area contributed by atoms with Crippen molar-refractivity contribution in [3.05, 3.63) is 65.7 Å². The van der Waals surface area contributed by atoms with Crippen LogP contribution < -0.4 is 5.32 Å². The summed E-state index contributed by atoms with van der Waals surface area (Å²) in [6.45, 7) is 0. The fourth-order valence-corrected chi connectivity index (χ4v) is 2.15. The van der Waals surface area contributed by atoms with Gasteiger partial charge in [-0.3, -0.25) is 4.98 Å². The number of aryl methyl sites for hydroxylation is 1. The fraction of sp³-hybridized carbons (Fsp3) is 0.312. The van der Waals surface area contributed by atoms with Gasteiger partial charge in [0.1, 0.15) is 5.82 Å². The maximum absolute atomic E-state index is 13.6. The third-order valence-electron chi connectivity index (χ3n) is 3.31. The Morgan fingerprint density at radius 1 is 1.16 bits per heavy atom. The van der Waals surface area contributed by atoms with Crippen LogP contribution in [-0.2, 0) is 12.8 Å². The number of aromatic nitrogens is 1. The van der Waals surface area contributed by atoms with E-state index in [1.54, 1.807) is 12.3 Å². The van der Waals surface area contributed by atoms with Gasteiger partial charge in [-0.05, 0) is 50.1 Å². The van der Waals surface area contributed by atoms with Crippen LogP contribution >= 0.6 is 0 Å². The largest absolute Gasteiger partial charge is 0.317 e. The third-order valence-corrected chi connectivity index (χ3v) is 3.31. The molecule has 1 unspecified atom stereocenters. The van der Waals surface area contributed by atoms with Gasteiger partial charge >= 0.3 is 0 Å².